The summed E-state index contributed by atoms with van der Waals surface area (Å²) in [4.78, 5) is 27.1. The Kier molecular flexibility index (Phi) is 5.06. The molecule has 0 saturated heterocycles. The van der Waals surface area contributed by atoms with Crippen molar-refractivity contribution in [2.75, 3.05) is 0 Å². The summed E-state index contributed by atoms with van der Waals surface area (Å²) in [5, 5.41) is 11.3. The number of carbonyl (C=O) groups is 1. The van der Waals surface area contributed by atoms with Gasteiger partial charge in [0.15, 0.2) is 5.82 Å². The number of pyridine rings is 1. The maximum atomic E-state index is 12.8. The molecular formula is C21H23N5O2. The maximum absolute atomic E-state index is 12.8. The number of H-pyrrole nitrogens is 1. The highest BCUT2D eigenvalue weighted by atomic mass is 16.1. The lowest BCUT2D eigenvalue weighted by atomic mass is 10.1. The van der Waals surface area contributed by atoms with E-state index in [1.54, 1.807) is 30.6 Å². The van der Waals surface area contributed by atoms with Crippen molar-refractivity contribution in [1.29, 1.82) is 0 Å². The number of hydrogen-bond donors (Lipinski definition) is 2. The van der Waals surface area contributed by atoms with Gasteiger partial charge >= 0.3 is 0 Å². The Morgan fingerprint density at radius 3 is 2.79 bits per heavy atom. The number of rotatable bonds is 5. The number of aromatic nitrogens is 4. The minimum atomic E-state index is -0.254. The van der Waals surface area contributed by atoms with Crippen LogP contribution in [0.4, 0.5) is 0 Å². The summed E-state index contributed by atoms with van der Waals surface area (Å²) in [6.07, 6.45) is 6.46. The molecule has 0 spiro atoms. The van der Waals surface area contributed by atoms with Crippen LogP contribution in [-0.2, 0) is 0 Å². The van der Waals surface area contributed by atoms with Crippen molar-refractivity contribution in [2.24, 2.45) is 0 Å². The van der Waals surface area contributed by atoms with E-state index < -0.39 is 0 Å². The zero-order chi connectivity index (χ0) is 19.5. The van der Waals surface area contributed by atoms with Gasteiger partial charge in [0.25, 0.3) is 5.91 Å². The van der Waals surface area contributed by atoms with Crippen LogP contribution in [0.15, 0.2) is 53.6 Å². The Hall–Kier alpha value is -3.22. The number of aromatic amines is 1. The van der Waals surface area contributed by atoms with Crippen molar-refractivity contribution >= 4 is 5.91 Å². The van der Waals surface area contributed by atoms with Gasteiger partial charge in [-0.3, -0.25) is 9.59 Å². The van der Waals surface area contributed by atoms with Gasteiger partial charge in [0.1, 0.15) is 6.33 Å². The highest BCUT2D eigenvalue weighted by molar-refractivity contribution is 5.95. The van der Waals surface area contributed by atoms with Gasteiger partial charge in [-0.2, -0.15) is 0 Å². The molecule has 1 aliphatic carbocycles. The molecule has 3 aromatic rings. The molecule has 0 bridgehead atoms. The summed E-state index contributed by atoms with van der Waals surface area (Å²) >= 11 is 0. The Labute approximate surface area is 162 Å². The second-order valence-electron chi connectivity index (χ2n) is 7.24. The lowest BCUT2D eigenvalue weighted by molar-refractivity contribution is 0.0937. The molecular weight excluding hydrogens is 354 g/mol. The van der Waals surface area contributed by atoms with Crippen molar-refractivity contribution in [2.45, 2.75) is 44.7 Å². The van der Waals surface area contributed by atoms with E-state index in [4.69, 9.17) is 0 Å². The van der Waals surface area contributed by atoms with Crippen LogP contribution in [0.3, 0.4) is 0 Å². The van der Waals surface area contributed by atoms with Crippen LogP contribution in [0, 0.1) is 0 Å². The van der Waals surface area contributed by atoms with Gasteiger partial charge in [0.05, 0.1) is 6.04 Å². The number of hydrogen-bond acceptors (Lipinski definition) is 4. The summed E-state index contributed by atoms with van der Waals surface area (Å²) in [6, 6.07) is 12.3. The molecule has 1 unspecified atom stereocenters. The second kappa shape index (κ2) is 7.80. The zero-order valence-corrected chi connectivity index (χ0v) is 15.8. The molecule has 1 aromatic carbocycles. The average molecular weight is 377 g/mol. The van der Waals surface area contributed by atoms with Crippen LogP contribution in [0.1, 0.15) is 60.9 Å². The number of amides is 1. The molecule has 28 heavy (non-hydrogen) atoms. The van der Waals surface area contributed by atoms with E-state index in [2.05, 4.69) is 25.1 Å². The second-order valence-corrected chi connectivity index (χ2v) is 7.24. The Balaban J connectivity index is 1.52. The molecule has 4 rings (SSSR count). The molecule has 1 fully saturated rings. The quantitative estimate of drug-likeness (QED) is 0.714. The summed E-state index contributed by atoms with van der Waals surface area (Å²) in [5.74, 6) is 0.595. The monoisotopic (exact) mass is 377 g/mol. The van der Waals surface area contributed by atoms with Gasteiger partial charge in [0.2, 0.25) is 5.56 Å². The largest absolute Gasteiger partial charge is 0.342 e. The molecule has 1 amide bonds. The lowest BCUT2D eigenvalue weighted by Gasteiger charge is -2.19. The Morgan fingerprint density at radius 2 is 2.00 bits per heavy atom. The van der Waals surface area contributed by atoms with E-state index in [1.807, 2.05) is 19.1 Å². The number of nitrogens with one attached hydrogen (secondary N) is 2. The third kappa shape index (κ3) is 3.74. The zero-order valence-electron chi connectivity index (χ0n) is 15.8. The third-order valence-corrected chi connectivity index (χ3v) is 5.26. The van der Waals surface area contributed by atoms with Crippen LogP contribution in [-0.4, -0.2) is 25.7 Å². The number of nitrogens with zero attached hydrogens (tertiary/aromatic N) is 3. The fourth-order valence-corrected chi connectivity index (χ4v) is 3.81. The first-order valence-electron chi connectivity index (χ1n) is 9.62. The van der Waals surface area contributed by atoms with Gasteiger partial charge in [0, 0.05) is 23.4 Å². The number of benzene rings is 1. The van der Waals surface area contributed by atoms with E-state index in [9.17, 15) is 9.59 Å². The first-order chi connectivity index (χ1) is 13.6. The summed E-state index contributed by atoms with van der Waals surface area (Å²) in [6.45, 7) is 1.92. The highest BCUT2D eigenvalue weighted by Gasteiger charge is 2.23. The molecule has 0 radical (unpaired) electrons. The molecule has 7 nitrogen and oxygen atoms in total. The molecule has 1 aliphatic rings. The molecule has 7 heteroatoms. The summed E-state index contributed by atoms with van der Waals surface area (Å²) in [5.41, 5.74) is 1.82. The maximum Gasteiger partial charge on any atom is 0.251 e. The SMILES string of the molecule is CC(NC(=O)c1cccc(-c2cccc(=O)[nH]2)c1)c1nncn1C1CCCC1. The van der Waals surface area contributed by atoms with Crippen LogP contribution in [0.25, 0.3) is 11.3 Å². The molecule has 1 atom stereocenters. The summed E-state index contributed by atoms with van der Waals surface area (Å²) < 4.78 is 2.10. The fraction of sp³-hybridized carbons (Fsp3) is 0.333. The molecule has 144 valence electrons. The minimum absolute atomic E-state index is 0.174. The smallest absolute Gasteiger partial charge is 0.251 e. The van der Waals surface area contributed by atoms with Gasteiger partial charge < -0.3 is 14.9 Å². The van der Waals surface area contributed by atoms with E-state index >= 15 is 0 Å². The van der Waals surface area contributed by atoms with Gasteiger partial charge in [-0.05, 0) is 43.5 Å². The van der Waals surface area contributed by atoms with Gasteiger partial charge in [-0.25, -0.2) is 0 Å². The van der Waals surface area contributed by atoms with E-state index in [0.717, 1.165) is 24.2 Å². The predicted molar refractivity (Wildman–Crippen MR) is 106 cm³/mol. The van der Waals surface area contributed by atoms with Crippen molar-refractivity contribution in [3.05, 3.63) is 70.5 Å². The topological polar surface area (TPSA) is 92.7 Å². The fourth-order valence-electron chi connectivity index (χ4n) is 3.81. The van der Waals surface area contributed by atoms with E-state index in [-0.39, 0.29) is 17.5 Å². The van der Waals surface area contributed by atoms with Crippen LogP contribution in [0.2, 0.25) is 0 Å². The molecule has 2 aromatic heterocycles. The Morgan fingerprint density at radius 1 is 1.21 bits per heavy atom. The van der Waals surface area contributed by atoms with E-state index in [1.165, 1.54) is 18.9 Å². The first-order valence-corrected chi connectivity index (χ1v) is 9.62. The van der Waals surface area contributed by atoms with E-state index in [0.29, 0.717) is 17.3 Å². The standard InChI is InChI=1S/C21H23N5O2/c1-14(20-25-22-13-26(20)17-8-2-3-9-17)23-21(28)16-7-4-6-15(12-16)18-10-5-11-19(27)24-18/h4-7,10-14,17H,2-3,8-9H2,1H3,(H,23,28)(H,24,27). The lowest BCUT2D eigenvalue weighted by Crippen LogP contribution is -2.29. The first kappa shape index (κ1) is 18.2. The predicted octanol–water partition coefficient (Wildman–Crippen LogP) is 3.24. The normalized spacial score (nSPS) is 15.5. The average Bonchev–Trinajstić information content (AvgIpc) is 3.39. The molecule has 2 heterocycles. The Bertz CT molecular complexity index is 1030. The molecule has 1 saturated carbocycles. The molecule has 0 aliphatic heterocycles. The third-order valence-electron chi connectivity index (χ3n) is 5.26. The highest BCUT2D eigenvalue weighted by Crippen LogP contribution is 2.31. The van der Waals surface area contributed by atoms with Crippen LogP contribution >= 0.6 is 0 Å². The van der Waals surface area contributed by atoms with Crippen LogP contribution in [0.5, 0.6) is 0 Å². The van der Waals surface area contributed by atoms with Gasteiger partial charge in [-0.15, -0.1) is 10.2 Å². The van der Waals surface area contributed by atoms with Crippen molar-refractivity contribution < 1.29 is 4.79 Å². The van der Waals surface area contributed by atoms with Crippen molar-refractivity contribution in [3.63, 3.8) is 0 Å². The van der Waals surface area contributed by atoms with Crippen LogP contribution < -0.4 is 10.9 Å². The molecule has 2 N–H and O–H groups in total. The summed E-state index contributed by atoms with van der Waals surface area (Å²) in [7, 11) is 0. The van der Waals surface area contributed by atoms with Crippen molar-refractivity contribution in [1.82, 2.24) is 25.1 Å². The van der Waals surface area contributed by atoms with Crippen molar-refractivity contribution in [3.8, 4) is 11.3 Å². The minimum Gasteiger partial charge on any atom is -0.342 e. The van der Waals surface area contributed by atoms with Gasteiger partial charge in [-0.1, -0.05) is 31.0 Å². The number of carbonyl (C=O) groups excluding carboxylic acids is 1.